The van der Waals surface area contributed by atoms with Crippen LogP contribution in [0.2, 0.25) is 0 Å². The van der Waals surface area contributed by atoms with Crippen LogP contribution in [0, 0.1) is 0 Å². The Kier molecular flexibility index (Phi) is 6.64. The standard InChI is InChI=1S/C13H19NO3S/c1-3-14(7-8-17-2)10-12-11(6-9-18-12)4-5-13(15)16/h4-6,9H,3,7-8,10H2,1-2H3,(H,15,16). The second-order valence-electron chi connectivity index (χ2n) is 3.83. The summed E-state index contributed by atoms with van der Waals surface area (Å²) in [4.78, 5) is 14.0. The van der Waals surface area contributed by atoms with E-state index in [1.165, 1.54) is 11.0 Å². The van der Waals surface area contributed by atoms with Gasteiger partial charge >= 0.3 is 5.97 Å². The molecule has 5 heteroatoms. The van der Waals surface area contributed by atoms with E-state index < -0.39 is 5.97 Å². The Labute approximate surface area is 111 Å². The smallest absolute Gasteiger partial charge is 0.328 e. The van der Waals surface area contributed by atoms with Gasteiger partial charge in [0.25, 0.3) is 0 Å². The topological polar surface area (TPSA) is 49.8 Å². The van der Waals surface area contributed by atoms with Crippen molar-refractivity contribution >= 4 is 23.4 Å². The van der Waals surface area contributed by atoms with Gasteiger partial charge in [0.1, 0.15) is 0 Å². The Morgan fingerprint density at radius 3 is 3.00 bits per heavy atom. The molecule has 0 bridgehead atoms. The van der Waals surface area contributed by atoms with E-state index in [0.29, 0.717) is 6.61 Å². The van der Waals surface area contributed by atoms with Crippen LogP contribution in [0.4, 0.5) is 0 Å². The number of hydrogen-bond donors (Lipinski definition) is 1. The lowest BCUT2D eigenvalue weighted by Crippen LogP contribution is -2.26. The molecule has 4 nitrogen and oxygen atoms in total. The molecular formula is C13H19NO3S. The zero-order valence-electron chi connectivity index (χ0n) is 10.8. The molecule has 100 valence electrons. The summed E-state index contributed by atoms with van der Waals surface area (Å²) in [6, 6.07) is 1.95. The third-order valence-electron chi connectivity index (χ3n) is 2.61. The number of thiophene rings is 1. The van der Waals surface area contributed by atoms with Crippen molar-refractivity contribution in [1.82, 2.24) is 4.90 Å². The number of likely N-dealkylation sites (N-methyl/N-ethyl adjacent to an activating group) is 1. The molecule has 0 radical (unpaired) electrons. The lowest BCUT2D eigenvalue weighted by atomic mass is 10.2. The molecule has 0 fully saturated rings. The molecule has 1 rings (SSSR count). The number of carbonyl (C=O) groups is 1. The minimum atomic E-state index is -0.918. The van der Waals surface area contributed by atoms with Gasteiger partial charge in [-0.1, -0.05) is 6.92 Å². The van der Waals surface area contributed by atoms with E-state index in [1.54, 1.807) is 24.5 Å². The first-order chi connectivity index (χ1) is 8.67. The molecule has 0 aliphatic rings. The van der Waals surface area contributed by atoms with E-state index in [0.717, 1.165) is 25.2 Å². The summed E-state index contributed by atoms with van der Waals surface area (Å²) >= 11 is 1.65. The van der Waals surface area contributed by atoms with Crippen molar-refractivity contribution in [3.05, 3.63) is 28.0 Å². The number of aliphatic carboxylic acids is 1. The van der Waals surface area contributed by atoms with Crippen molar-refractivity contribution < 1.29 is 14.6 Å². The summed E-state index contributed by atoms with van der Waals surface area (Å²) in [5, 5.41) is 10.6. The normalized spacial score (nSPS) is 11.5. The van der Waals surface area contributed by atoms with E-state index >= 15 is 0 Å². The Balaban J connectivity index is 2.65. The molecule has 0 aliphatic heterocycles. The predicted octanol–water partition coefficient (Wildman–Crippen LogP) is 2.31. The number of carboxylic acids is 1. The molecule has 1 aromatic heterocycles. The van der Waals surface area contributed by atoms with Gasteiger partial charge in [-0.3, -0.25) is 4.90 Å². The molecule has 0 unspecified atom stereocenters. The van der Waals surface area contributed by atoms with Crippen LogP contribution in [-0.2, 0) is 16.1 Å². The molecule has 1 aromatic rings. The Morgan fingerprint density at radius 1 is 1.61 bits per heavy atom. The lowest BCUT2D eigenvalue weighted by Gasteiger charge is -2.19. The molecular weight excluding hydrogens is 250 g/mol. The Morgan fingerprint density at radius 2 is 2.39 bits per heavy atom. The molecule has 0 amide bonds. The zero-order chi connectivity index (χ0) is 13.4. The van der Waals surface area contributed by atoms with E-state index in [2.05, 4.69) is 11.8 Å². The predicted molar refractivity (Wildman–Crippen MR) is 73.8 cm³/mol. The van der Waals surface area contributed by atoms with Gasteiger partial charge in [-0.15, -0.1) is 11.3 Å². The molecule has 1 heterocycles. The number of carboxylic acid groups (broad SMARTS) is 1. The Bertz CT molecular complexity index is 401. The first-order valence-electron chi connectivity index (χ1n) is 5.86. The molecule has 0 aliphatic carbocycles. The van der Waals surface area contributed by atoms with Gasteiger partial charge in [0.15, 0.2) is 0 Å². The van der Waals surface area contributed by atoms with Crippen LogP contribution >= 0.6 is 11.3 Å². The summed E-state index contributed by atoms with van der Waals surface area (Å²) in [5.41, 5.74) is 0.985. The van der Waals surface area contributed by atoms with Crippen LogP contribution in [0.25, 0.3) is 6.08 Å². The molecule has 1 N–H and O–H groups in total. The van der Waals surface area contributed by atoms with Crippen molar-refractivity contribution in [1.29, 1.82) is 0 Å². The number of hydrogen-bond acceptors (Lipinski definition) is 4. The molecule has 0 aromatic carbocycles. The fourth-order valence-electron chi connectivity index (χ4n) is 1.56. The van der Waals surface area contributed by atoms with Gasteiger partial charge in [0.2, 0.25) is 0 Å². The maximum atomic E-state index is 10.5. The SMILES string of the molecule is CCN(CCOC)Cc1sccc1C=CC(=O)O. The van der Waals surface area contributed by atoms with Crippen molar-refractivity contribution in [2.75, 3.05) is 26.8 Å². The van der Waals surface area contributed by atoms with Crippen molar-refractivity contribution in [2.45, 2.75) is 13.5 Å². The van der Waals surface area contributed by atoms with Crippen LogP contribution in [0.5, 0.6) is 0 Å². The molecule has 0 spiro atoms. The lowest BCUT2D eigenvalue weighted by molar-refractivity contribution is -0.131. The monoisotopic (exact) mass is 269 g/mol. The summed E-state index contributed by atoms with van der Waals surface area (Å²) in [6.07, 6.45) is 2.83. The average Bonchev–Trinajstić information content (AvgIpc) is 2.79. The second kappa shape index (κ2) is 8.02. The summed E-state index contributed by atoms with van der Waals surface area (Å²) < 4.78 is 5.07. The maximum Gasteiger partial charge on any atom is 0.328 e. The van der Waals surface area contributed by atoms with Crippen LogP contribution in [0.15, 0.2) is 17.5 Å². The molecule has 18 heavy (non-hydrogen) atoms. The number of methoxy groups -OCH3 is 1. The van der Waals surface area contributed by atoms with Gasteiger partial charge < -0.3 is 9.84 Å². The highest BCUT2D eigenvalue weighted by Gasteiger charge is 2.07. The van der Waals surface area contributed by atoms with Crippen molar-refractivity contribution in [3.8, 4) is 0 Å². The number of ether oxygens (including phenoxy) is 1. The third kappa shape index (κ3) is 5.00. The minimum Gasteiger partial charge on any atom is -0.478 e. The van der Waals surface area contributed by atoms with Crippen LogP contribution in [0.1, 0.15) is 17.4 Å². The highest BCUT2D eigenvalue weighted by Crippen LogP contribution is 2.20. The number of nitrogens with zero attached hydrogens (tertiary/aromatic N) is 1. The number of rotatable bonds is 8. The van der Waals surface area contributed by atoms with Crippen LogP contribution < -0.4 is 0 Å². The summed E-state index contributed by atoms with van der Waals surface area (Å²) in [5.74, 6) is -0.918. The average molecular weight is 269 g/mol. The fraction of sp³-hybridized carbons (Fsp3) is 0.462. The third-order valence-corrected chi connectivity index (χ3v) is 3.53. The zero-order valence-corrected chi connectivity index (χ0v) is 11.6. The summed E-state index contributed by atoms with van der Waals surface area (Å²) in [7, 11) is 1.69. The van der Waals surface area contributed by atoms with Gasteiger partial charge in [-0.05, 0) is 29.6 Å². The summed E-state index contributed by atoms with van der Waals surface area (Å²) in [6.45, 7) is 5.47. The molecule has 0 atom stereocenters. The van der Waals surface area contributed by atoms with Gasteiger partial charge in [0.05, 0.1) is 6.61 Å². The van der Waals surface area contributed by atoms with Crippen molar-refractivity contribution in [2.24, 2.45) is 0 Å². The Hall–Kier alpha value is -1.17. The van der Waals surface area contributed by atoms with E-state index in [-0.39, 0.29) is 0 Å². The highest BCUT2D eigenvalue weighted by atomic mass is 32.1. The maximum absolute atomic E-state index is 10.5. The first-order valence-corrected chi connectivity index (χ1v) is 6.74. The van der Waals surface area contributed by atoms with E-state index in [9.17, 15) is 4.79 Å². The van der Waals surface area contributed by atoms with E-state index in [1.807, 2.05) is 11.4 Å². The van der Waals surface area contributed by atoms with E-state index in [4.69, 9.17) is 9.84 Å². The highest BCUT2D eigenvalue weighted by molar-refractivity contribution is 7.10. The minimum absolute atomic E-state index is 0.708. The largest absolute Gasteiger partial charge is 0.478 e. The van der Waals surface area contributed by atoms with Crippen LogP contribution in [0.3, 0.4) is 0 Å². The van der Waals surface area contributed by atoms with Crippen LogP contribution in [-0.4, -0.2) is 42.8 Å². The quantitative estimate of drug-likeness (QED) is 0.736. The van der Waals surface area contributed by atoms with Gasteiger partial charge in [-0.25, -0.2) is 4.79 Å². The molecule has 0 saturated carbocycles. The second-order valence-corrected chi connectivity index (χ2v) is 4.83. The van der Waals surface area contributed by atoms with Gasteiger partial charge in [0, 0.05) is 31.2 Å². The van der Waals surface area contributed by atoms with Crippen molar-refractivity contribution in [3.63, 3.8) is 0 Å². The molecule has 0 saturated heterocycles. The fourth-order valence-corrected chi connectivity index (χ4v) is 2.47. The van der Waals surface area contributed by atoms with Gasteiger partial charge in [-0.2, -0.15) is 0 Å². The first kappa shape index (κ1) is 14.9.